The average Bonchev–Trinajstić information content (AvgIpc) is 2.27. The summed E-state index contributed by atoms with van der Waals surface area (Å²) in [4.78, 5) is 13.8. The minimum Gasteiger partial charge on any atom is -0.306 e. The van der Waals surface area contributed by atoms with Crippen LogP contribution in [0.5, 0.6) is 0 Å². The minimum atomic E-state index is -3.09. The van der Waals surface area contributed by atoms with Gasteiger partial charge in [-0.15, -0.1) is 0 Å². The van der Waals surface area contributed by atoms with E-state index in [0.29, 0.717) is 12.8 Å². The topological polar surface area (TPSA) is 86.7 Å². The van der Waals surface area contributed by atoms with Crippen LogP contribution in [0.15, 0.2) is 0 Å². The average molecular weight is 499 g/mol. The monoisotopic (exact) mass is 499 g/mol. The standard InChI is InChI=1S/C10H20N2O4S.V.W/c1-12-6-3-10(4-7-12,9(13)11-14)5-8-17(2,15)16;;/h14H,3-8H2,1-2H3,(H,11,13);;. The number of rotatable bonds is 4. The van der Waals surface area contributed by atoms with Gasteiger partial charge in [0.15, 0.2) is 0 Å². The number of hydroxylamine groups is 1. The fraction of sp³-hybridized carbons (Fsp3) is 0.900. The van der Waals surface area contributed by atoms with Gasteiger partial charge in [0.25, 0.3) is 0 Å². The van der Waals surface area contributed by atoms with E-state index in [-0.39, 0.29) is 51.8 Å². The van der Waals surface area contributed by atoms with Gasteiger partial charge < -0.3 is 4.90 Å². The van der Waals surface area contributed by atoms with E-state index in [1.54, 1.807) is 5.48 Å². The molecule has 1 aliphatic rings. The number of amides is 1. The SMILES string of the molecule is CN1CCC(CCS(C)(=O)=O)(C(=O)NO)CC1.[V].[W]. The molecular formula is C10H20N2O4SVW. The Morgan fingerprint density at radius 3 is 2.21 bits per heavy atom. The van der Waals surface area contributed by atoms with E-state index in [1.165, 1.54) is 0 Å². The molecule has 9 heteroatoms. The zero-order chi connectivity index (χ0) is 13.1. The Morgan fingerprint density at radius 2 is 1.84 bits per heavy atom. The smallest absolute Gasteiger partial charge is 0.249 e. The molecule has 111 valence electrons. The molecule has 1 heterocycles. The van der Waals surface area contributed by atoms with Crippen molar-refractivity contribution in [3.63, 3.8) is 0 Å². The second kappa shape index (κ2) is 8.80. The Balaban J connectivity index is 0. The summed E-state index contributed by atoms with van der Waals surface area (Å²) in [7, 11) is -1.14. The molecule has 0 aromatic heterocycles. The van der Waals surface area contributed by atoms with Crippen LogP contribution in [0.4, 0.5) is 0 Å². The van der Waals surface area contributed by atoms with E-state index in [0.717, 1.165) is 19.3 Å². The van der Waals surface area contributed by atoms with Gasteiger partial charge in [0.05, 0.1) is 11.2 Å². The largest absolute Gasteiger partial charge is 0.306 e. The van der Waals surface area contributed by atoms with E-state index in [4.69, 9.17) is 5.21 Å². The molecule has 0 bridgehead atoms. The first-order chi connectivity index (χ1) is 7.79. The van der Waals surface area contributed by atoms with Crippen molar-refractivity contribution in [2.24, 2.45) is 5.41 Å². The number of hydrogen-bond donors (Lipinski definition) is 2. The molecule has 0 aromatic carbocycles. The number of nitrogens with zero attached hydrogens (tertiary/aromatic N) is 1. The van der Waals surface area contributed by atoms with E-state index >= 15 is 0 Å². The van der Waals surface area contributed by atoms with Gasteiger partial charge in [0.1, 0.15) is 9.84 Å². The van der Waals surface area contributed by atoms with Crippen LogP contribution in [0.2, 0.25) is 0 Å². The van der Waals surface area contributed by atoms with Crippen LogP contribution >= 0.6 is 0 Å². The first-order valence-electron chi connectivity index (χ1n) is 5.60. The molecule has 0 aliphatic carbocycles. The predicted octanol–water partition coefficient (Wildman–Crippen LogP) is -0.366. The van der Waals surface area contributed by atoms with Crippen molar-refractivity contribution in [1.82, 2.24) is 10.4 Å². The zero-order valence-corrected chi connectivity index (χ0v) is 16.3. The summed E-state index contributed by atoms with van der Waals surface area (Å²) in [5.41, 5.74) is 0.929. The Labute approximate surface area is 140 Å². The first-order valence-corrected chi connectivity index (χ1v) is 7.66. The fourth-order valence-corrected chi connectivity index (χ4v) is 2.90. The number of carbonyl (C=O) groups is 1. The maximum Gasteiger partial charge on any atom is 0.249 e. The van der Waals surface area contributed by atoms with Crippen LogP contribution in [0.1, 0.15) is 19.3 Å². The van der Waals surface area contributed by atoms with Crippen LogP contribution in [-0.4, -0.2) is 56.6 Å². The molecule has 0 aromatic rings. The summed E-state index contributed by atoms with van der Waals surface area (Å²) < 4.78 is 22.4. The van der Waals surface area contributed by atoms with Gasteiger partial charge in [0.2, 0.25) is 5.91 Å². The van der Waals surface area contributed by atoms with Gasteiger partial charge in [0, 0.05) is 45.9 Å². The van der Waals surface area contributed by atoms with Gasteiger partial charge in [-0.05, 0) is 39.4 Å². The molecule has 1 aliphatic heterocycles. The Bertz CT molecular complexity index is 383. The summed E-state index contributed by atoms with van der Waals surface area (Å²) in [5, 5.41) is 8.78. The quantitative estimate of drug-likeness (QED) is 0.408. The summed E-state index contributed by atoms with van der Waals surface area (Å²) in [6.45, 7) is 1.47. The van der Waals surface area contributed by atoms with Crippen molar-refractivity contribution >= 4 is 15.7 Å². The Kier molecular flexibility index (Phi) is 10.1. The second-order valence-electron chi connectivity index (χ2n) is 4.90. The van der Waals surface area contributed by atoms with E-state index < -0.39 is 21.2 Å². The molecule has 6 nitrogen and oxygen atoms in total. The van der Waals surface area contributed by atoms with Gasteiger partial charge >= 0.3 is 0 Å². The molecule has 1 saturated heterocycles. The normalized spacial score (nSPS) is 18.9. The first kappa shape index (κ1) is 21.9. The molecule has 1 amide bonds. The number of sulfone groups is 1. The number of carbonyl (C=O) groups excluding carboxylic acids is 1. The summed E-state index contributed by atoms with van der Waals surface area (Å²) in [6, 6.07) is 0. The molecule has 0 unspecified atom stereocenters. The van der Waals surface area contributed by atoms with Crippen molar-refractivity contribution < 1.29 is 58.0 Å². The number of likely N-dealkylation sites (tertiary alicyclic amines) is 1. The van der Waals surface area contributed by atoms with Gasteiger partial charge in [-0.1, -0.05) is 0 Å². The third kappa shape index (κ3) is 6.74. The molecule has 2 N–H and O–H groups in total. The molecular weight excluding hydrogens is 479 g/mol. The van der Waals surface area contributed by atoms with Crippen LogP contribution in [0.25, 0.3) is 0 Å². The fourth-order valence-electron chi connectivity index (χ4n) is 2.14. The van der Waals surface area contributed by atoms with Crippen molar-refractivity contribution in [2.75, 3.05) is 32.1 Å². The maximum absolute atomic E-state index is 11.7. The zero-order valence-electron chi connectivity index (χ0n) is 11.1. The molecule has 1 radical (unpaired) electrons. The van der Waals surface area contributed by atoms with Crippen LogP contribution in [0, 0.1) is 5.41 Å². The summed E-state index contributed by atoms with van der Waals surface area (Å²) >= 11 is 0. The number of nitrogens with one attached hydrogen (secondary N) is 1. The molecule has 19 heavy (non-hydrogen) atoms. The summed E-state index contributed by atoms with van der Waals surface area (Å²) in [5.74, 6) is -0.487. The van der Waals surface area contributed by atoms with Crippen LogP contribution in [0.3, 0.4) is 0 Å². The minimum absolute atomic E-state index is 0. The van der Waals surface area contributed by atoms with Crippen LogP contribution in [-0.2, 0) is 54.3 Å². The van der Waals surface area contributed by atoms with Crippen molar-refractivity contribution in [3.8, 4) is 0 Å². The van der Waals surface area contributed by atoms with E-state index in [2.05, 4.69) is 4.90 Å². The third-order valence-electron chi connectivity index (χ3n) is 3.48. The van der Waals surface area contributed by atoms with E-state index in [1.807, 2.05) is 7.05 Å². The van der Waals surface area contributed by atoms with Crippen molar-refractivity contribution in [1.29, 1.82) is 0 Å². The Morgan fingerprint density at radius 1 is 1.37 bits per heavy atom. The predicted molar refractivity (Wildman–Crippen MR) is 63.4 cm³/mol. The molecule has 1 rings (SSSR count). The van der Waals surface area contributed by atoms with Crippen molar-refractivity contribution in [3.05, 3.63) is 0 Å². The molecule has 0 spiro atoms. The van der Waals surface area contributed by atoms with Gasteiger partial charge in [-0.3, -0.25) is 10.0 Å². The second-order valence-corrected chi connectivity index (χ2v) is 7.16. The van der Waals surface area contributed by atoms with Gasteiger partial charge in [-0.25, -0.2) is 13.9 Å². The third-order valence-corrected chi connectivity index (χ3v) is 4.42. The van der Waals surface area contributed by atoms with Crippen molar-refractivity contribution in [2.45, 2.75) is 19.3 Å². The van der Waals surface area contributed by atoms with Gasteiger partial charge in [-0.2, -0.15) is 0 Å². The molecule has 0 atom stereocenters. The van der Waals surface area contributed by atoms with Crippen LogP contribution < -0.4 is 5.48 Å². The van der Waals surface area contributed by atoms with E-state index in [9.17, 15) is 13.2 Å². The Hall–Kier alpha value is 0.613. The number of hydrogen-bond acceptors (Lipinski definition) is 5. The maximum atomic E-state index is 11.7. The molecule has 1 fully saturated rings. The molecule has 0 saturated carbocycles. The summed E-state index contributed by atoms with van der Waals surface area (Å²) in [6.07, 6.45) is 2.58. The number of piperidine rings is 1.